The molecule has 0 saturated carbocycles. The van der Waals surface area contributed by atoms with Crippen molar-refractivity contribution < 1.29 is 29.0 Å². The lowest BCUT2D eigenvalue weighted by atomic mass is 9.99. The van der Waals surface area contributed by atoms with E-state index >= 15 is 0 Å². The molecule has 7 rings (SSSR count). The van der Waals surface area contributed by atoms with E-state index in [4.69, 9.17) is 9.47 Å². The number of ether oxygens (including phenoxy) is 2. The average molecular weight is 607 g/mol. The lowest BCUT2D eigenvalue weighted by molar-refractivity contribution is -0.133. The SMILES string of the molecule is O=C1COc2cccc(c2)-c2cncc(c2)C(=O)N[C@@H]2CN(C(=O)Cc3ccc(CO)cc3)CC[C@@H]2Oc2ccc(cc2)CN1. The van der Waals surface area contributed by atoms with E-state index in [-0.39, 0.29) is 50.0 Å². The molecule has 1 aromatic heterocycles. The number of carbonyl (C=O) groups is 3. The first-order valence-electron chi connectivity index (χ1n) is 14.9. The topological polar surface area (TPSA) is 130 Å². The van der Waals surface area contributed by atoms with Gasteiger partial charge < -0.3 is 30.1 Å². The van der Waals surface area contributed by atoms with Crippen LogP contribution in [0.1, 0.15) is 33.5 Å². The molecular weight excluding hydrogens is 572 g/mol. The molecule has 10 heteroatoms. The number of fused-ring (bicyclic) bond motifs is 7. The predicted octanol–water partition coefficient (Wildman–Crippen LogP) is 3.27. The number of hydrogen-bond donors (Lipinski definition) is 3. The van der Waals surface area contributed by atoms with Crippen LogP contribution >= 0.6 is 0 Å². The molecule has 0 spiro atoms. The number of nitrogens with zero attached hydrogens (tertiary/aromatic N) is 2. The summed E-state index contributed by atoms with van der Waals surface area (Å²) < 4.78 is 12.1. The van der Waals surface area contributed by atoms with Crippen LogP contribution in [-0.4, -0.2) is 64.6 Å². The maximum Gasteiger partial charge on any atom is 0.258 e. The van der Waals surface area contributed by atoms with Crippen molar-refractivity contribution in [1.29, 1.82) is 0 Å². The Bertz CT molecular complexity index is 1670. The van der Waals surface area contributed by atoms with Crippen LogP contribution in [0, 0.1) is 0 Å². The number of benzene rings is 3. The highest BCUT2D eigenvalue weighted by Crippen LogP contribution is 2.25. The third-order valence-corrected chi connectivity index (χ3v) is 8.02. The molecule has 3 aliphatic heterocycles. The van der Waals surface area contributed by atoms with E-state index in [1.165, 1.54) is 6.20 Å². The molecule has 0 unspecified atom stereocenters. The van der Waals surface area contributed by atoms with Gasteiger partial charge in [0.25, 0.3) is 11.8 Å². The Hall–Kier alpha value is -5.22. The number of piperidine rings is 1. The minimum absolute atomic E-state index is 0.0527. The van der Waals surface area contributed by atoms with Crippen molar-refractivity contribution in [2.75, 3.05) is 19.7 Å². The zero-order valence-electron chi connectivity index (χ0n) is 24.6. The highest BCUT2D eigenvalue weighted by atomic mass is 16.5. The third kappa shape index (κ3) is 7.47. The number of likely N-dealkylation sites (tertiary alicyclic amines) is 1. The zero-order valence-corrected chi connectivity index (χ0v) is 24.6. The van der Waals surface area contributed by atoms with E-state index in [0.717, 1.165) is 22.3 Å². The number of aliphatic hydroxyl groups is 1. The summed E-state index contributed by atoms with van der Waals surface area (Å²) in [6.07, 6.45) is 3.51. The smallest absolute Gasteiger partial charge is 0.258 e. The van der Waals surface area contributed by atoms with Gasteiger partial charge in [-0.3, -0.25) is 19.4 Å². The normalized spacial score (nSPS) is 18.5. The fraction of sp³-hybridized carbons (Fsp3) is 0.257. The summed E-state index contributed by atoms with van der Waals surface area (Å²) in [7, 11) is 0. The fourth-order valence-electron chi connectivity index (χ4n) is 5.49. The molecule has 1 fully saturated rings. The first-order valence-corrected chi connectivity index (χ1v) is 14.9. The van der Waals surface area contributed by atoms with Gasteiger partial charge in [-0.1, -0.05) is 48.5 Å². The molecule has 3 aliphatic rings. The van der Waals surface area contributed by atoms with Crippen LogP contribution in [0.25, 0.3) is 11.1 Å². The van der Waals surface area contributed by atoms with Gasteiger partial charge in [-0.2, -0.15) is 0 Å². The van der Waals surface area contributed by atoms with E-state index in [0.29, 0.717) is 42.1 Å². The van der Waals surface area contributed by atoms with Crippen molar-refractivity contribution >= 4 is 17.7 Å². The van der Waals surface area contributed by atoms with Gasteiger partial charge in [0.1, 0.15) is 17.6 Å². The number of rotatable bonds is 3. The summed E-state index contributed by atoms with van der Waals surface area (Å²) in [5, 5.41) is 15.3. The Labute approximate surface area is 261 Å². The number of carbonyl (C=O) groups excluding carboxylic acids is 3. The van der Waals surface area contributed by atoms with Crippen LogP contribution in [0.3, 0.4) is 0 Å². The van der Waals surface area contributed by atoms with Crippen LogP contribution in [0.15, 0.2) is 91.3 Å². The maximum atomic E-state index is 13.6. The van der Waals surface area contributed by atoms with Crippen LogP contribution < -0.4 is 20.1 Å². The van der Waals surface area contributed by atoms with Gasteiger partial charge in [0.2, 0.25) is 5.91 Å². The Morgan fingerprint density at radius 1 is 0.911 bits per heavy atom. The van der Waals surface area contributed by atoms with Gasteiger partial charge in [0, 0.05) is 44.0 Å². The summed E-state index contributed by atoms with van der Waals surface area (Å²) in [6, 6.07) is 23.3. The molecule has 10 nitrogen and oxygen atoms in total. The second-order valence-electron chi connectivity index (χ2n) is 11.2. The molecule has 45 heavy (non-hydrogen) atoms. The molecule has 0 aliphatic carbocycles. The third-order valence-electron chi connectivity index (χ3n) is 8.02. The maximum absolute atomic E-state index is 13.6. The minimum atomic E-state index is -0.489. The van der Waals surface area contributed by atoms with E-state index in [9.17, 15) is 19.5 Å². The van der Waals surface area contributed by atoms with Gasteiger partial charge in [-0.25, -0.2) is 0 Å². The van der Waals surface area contributed by atoms with Gasteiger partial charge in [0.05, 0.1) is 24.6 Å². The molecule has 1 saturated heterocycles. The number of pyridine rings is 1. The van der Waals surface area contributed by atoms with Crippen molar-refractivity contribution in [3.8, 4) is 22.6 Å². The molecule has 2 atom stereocenters. The number of aromatic nitrogens is 1. The van der Waals surface area contributed by atoms with Gasteiger partial charge in [-0.15, -0.1) is 0 Å². The molecule has 230 valence electrons. The van der Waals surface area contributed by atoms with Gasteiger partial charge in [0.15, 0.2) is 6.61 Å². The van der Waals surface area contributed by atoms with Crippen molar-refractivity contribution in [2.45, 2.75) is 38.1 Å². The average Bonchev–Trinajstić information content (AvgIpc) is 3.08. The Balaban J connectivity index is 1.26. The first kappa shape index (κ1) is 29.8. The zero-order chi connectivity index (χ0) is 31.2. The summed E-state index contributed by atoms with van der Waals surface area (Å²) in [4.78, 5) is 45.5. The highest BCUT2D eigenvalue weighted by molar-refractivity contribution is 5.95. The summed E-state index contributed by atoms with van der Waals surface area (Å²) in [5.41, 5.74) is 4.40. The van der Waals surface area contributed by atoms with E-state index in [2.05, 4.69) is 15.6 Å². The summed E-state index contributed by atoms with van der Waals surface area (Å²) >= 11 is 0. The molecule has 4 heterocycles. The molecule has 6 bridgehead atoms. The van der Waals surface area contributed by atoms with Crippen molar-refractivity contribution in [2.24, 2.45) is 0 Å². The summed E-state index contributed by atoms with van der Waals surface area (Å²) in [6.45, 7) is 0.902. The highest BCUT2D eigenvalue weighted by Gasteiger charge is 2.34. The fourth-order valence-corrected chi connectivity index (χ4v) is 5.49. The lowest BCUT2D eigenvalue weighted by Gasteiger charge is -2.39. The lowest BCUT2D eigenvalue weighted by Crippen LogP contribution is -2.58. The molecule has 3 aromatic carbocycles. The van der Waals surface area contributed by atoms with Crippen LogP contribution in [0.5, 0.6) is 11.5 Å². The van der Waals surface area contributed by atoms with Gasteiger partial charge >= 0.3 is 0 Å². The molecule has 3 N–H and O–H groups in total. The standard InChI is InChI=1S/C35H34N4O6/c40-21-25-6-4-23(5-7-25)14-34(42)39-13-12-32-31(20-39)38-35(43)28-15-27(18-36-19-28)26-2-1-3-30(16-26)44-22-33(41)37-17-24-8-10-29(45-32)11-9-24/h1-11,15-16,18-19,31-32,40H,12-14,17,20-22H2,(H,37,41)(H,38,43)/t31-,32+/m1/s1. The van der Waals surface area contributed by atoms with Crippen LogP contribution in [0.2, 0.25) is 0 Å². The van der Waals surface area contributed by atoms with E-state index in [1.54, 1.807) is 29.3 Å². The second kappa shape index (κ2) is 13.6. The number of hydrogen-bond acceptors (Lipinski definition) is 7. The Morgan fingerprint density at radius 3 is 2.49 bits per heavy atom. The molecular formula is C35H34N4O6. The quantitative estimate of drug-likeness (QED) is 0.327. The number of nitrogens with one attached hydrogen (secondary N) is 2. The Kier molecular flexibility index (Phi) is 9.02. The Morgan fingerprint density at radius 2 is 1.69 bits per heavy atom. The molecule has 3 amide bonds. The molecule has 0 radical (unpaired) electrons. The van der Waals surface area contributed by atoms with Crippen molar-refractivity contribution in [3.05, 3.63) is 114 Å². The van der Waals surface area contributed by atoms with Crippen LogP contribution in [-0.2, 0) is 29.2 Å². The minimum Gasteiger partial charge on any atom is -0.488 e. The largest absolute Gasteiger partial charge is 0.488 e. The van der Waals surface area contributed by atoms with E-state index < -0.39 is 6.04 Å². The number of amides is 3. The second-order valence-corrected chi connectivity index (χ2v) is 11.2. The van der Waals surface area contributed by atoms with Crippen LogP contribution in [0.4, 0.5) is 0 Å². The first-order chi connectivity index (χ1) is 21.9. The summed E-state index contributed by atoms with van der Waals surface area (Å²) in [5.74, 6) is 0.515. The molecule has 4 aromatic rings. The van der Waals surface area contributed by atoms with Crippen molar-refractivity contribution in [3.63, 3.8) is 0 Å². The van der Waals surface area contributed by atoms with Crippen molar-refractivity contribution in [1.82, 2.24) is 20.5 Å². The van der Waals surface area contributed by atoms with E-state index in [1.807, 2.05) is 60.7 Å². The number of aliphatic hydroxyl groups excluding tert-OH is 1. The van der Waals surface area contributed by atoms with Gasteiger partial charge in [-0.05, 0) is 52.6 Å². The monoisotopic (exact) mass is 606 g/mol. The predicted molar refractivity (Wildman–Crippen MR) is 166 cm³/mol.